The summed E-state index contributed by atoms with van der Waals surface area (Å²) in [6.07, 6.45) is -5.03. The molecule has 17 heavy (non-hydrogen) atoms. The van der Waals surface area contributed by atoms with Crippen LogP contribution in [-0.2, 0) is 11.2 Å². The number of alkyl halides is 2. The lowest BCUT2D eigenvalue weighted by molar-refractivity contribution is 0.155. The number of nitrogens with zero attached hydrogens (tertiary/aromatic N) is 1. The maximum atomic E-state index is 12.4. The molecule has 0 radical (unpaired) electrons. The lowest BCUT2D eigenvalue weighted by Gasteiger charge is -2.04. The van der Waals surface area contributed by atoms with E-state index in [0.29, 0.717) is 11.3 Å². The van der Waals surface area contributed by atoms with Gasteiger partial charge in [0.05, 0.1) is 17.5 Å². The smallest absolute Gasteiger partial charge is 0.301 e. The Labute approximate surface area is 100 Å². The molecule has 0 bridgehead atoms. The molecule has 2 nitrogen and oxygen atoms in total. The van der Waals surface area contributed by atoms with Crippen LogP contribution in [0.15, 0.2) is 22.4 Å². The SMILES string of the molecule is [O-][S+](CCC(F)=C(F)F)c1ncc(C(F)F)s1. The summed E-state index contributed by atoms with van der Waals surface area (Å²) in [5.41, 5.74) is 0. The van der Waals surface area contributed by atoms with Crippen LogP contribution in [-0.4, -0.2) is 15.3 Å². The van der Waals surface area contributed by atoms with E-state index in [1.807, 2.05) is 0 Å². The van der Waals surface area contributed by atoms with Crippen molar-refractivity contribution in [3.8, 4) is 0 Å². The van der Waals surface area contributed by atoms with Crippen LogP contribution in [0.1, 0.15) is 17.7 Å². The van der Waals surface area contributed by atoms with Crippen molar-refractivity contribution in [3.63, 3.8) is 0 Å². The van der Waals surface area contributed by atoms with Gasteiger partial charge in [0.1, 0.15) is 5.75 Å². The zero-order valence-electron chi connectivity index (χ0n) is 8.13. The van der Waals surface area contributed by atoms with Crippen molar-refractivity contribution < 1.29 is 26.5 Å². The summed E-state index contributed by atoms with van der Waals surface area (Å²) in [5.74, 6) is -2.07. The highest BCUT2D eigenvalue weighted by atomic mass is 32.2. The van der Waals surface area contributed by atoms with E-state index in [4.69, 9.17) is 0 Å². The average Bonchev–Trinajstić information content (AvgIpc) is 2.74. The van der Waals surface area contributed by atoms with E-state index in [2.05, 4.69) is 4.98 Å². The summed E-state index contributed by atoms with van der Waals surface area (Å²) in [4.78, 5) is 3.11. The molecule has 96 valence electrons. The molecule has 0 aliphatic heterocycles. The Balaban J connectivity index is 2.58. The summed E-state index contributed by atoms with van der Waals surface area (Å²) >= 11 is -1.33. The molecule has 1 heterocycles. The number of aromatic nitrogens is 1. The van der Waals surface area contributed by atoms with Gasteiger partial charge in [-0.3, -0.25) is 0 Å². The van der Waals surface area contributed by atoms with Crippen LogP contribution >= 0.6 is 11.3 Å². The Bertz CT molecular complexity index is 404. The van der Waals surface area contributed by atoms with Gasteiger partial charge in [0, 0.05) is 11.2 Å². The number of halogens is 5. The standard InChI is InChI=1S/C8H6F5NOS2/c9-4(6(10)11)1-2-17(15)8-14-3-5(16-8)7(12)13/h3,7H,1-2H2. The lowest BCUT2D eigenvalue weighted by atomic mass is 10.4. The third kappa shape index (κ3) is 4.25. The van der Waals surface area contributed by atoms with Crippen LogP contribution in [0, 0.1) is 0 Å². The van der Waals surface area contributed by atoms with E-state index >= 15 is 0 Å². The van der Waals surface area contributed by atoms with E-state index in [1.54, 1.807) is 0 Å². The van der Waals surface area contributed by atoms with E-state index in [-0.39, 0.29) is 9.22 Å². The maximum Gasteiger partial charge on any atom is 0.301 e. The van der Waals surface area contributed by atoms with Crippen LogP contribution in [0.25, 0.3) is 0 Å². The number of rotatable bonds is 5. The van der Waals surface area contributed by atoms with Crippen molar-refractivity contribution in [1.82, 2.24) is 4.98 Å². The fourth-order valence-electron chi connectivity index (χ4n) is 0.840. The molecule has 1 aromatic rings. The maximum absolute atomic E-state index is 12.4. The van der Waals surface area contributed by atoms with Gasteiger partial charge < -0.3 is 4.55 Å². The molecule has 0 saturated heterocycles. The number of hydrogen-bond acceptors (Lipinski definition) is 3. The van der Waals surface area contributed by atoms with Gasteiger partial charge in [-0.25, -0.2) is 13.2 Å². The number of hydrogen-bond donors (Lipinski definition) is 0. The Morgan fingerprint density at radius 1 is 1.41 bits per heavy atom. The topological polar surface area (TPSA) is 36.0 Å². The van der Waals surface area contributed by atoms with Crippen molar-refractivity contribution in [3.05, 3.63) is 23.0 Å². The molecule has 0 saturated carbocycles. The van der Waals surface area contributed by atoms with Crippen molar-refractivity contribution in [1.29, 1.82) is 0 Å². The minimum absolute atomic E-state index is 0.118. The monoisotopic (exact) mass is 291 g/mol. The predicted octanol–water partition coefficient (Wildman–Crippen LogP) is 3.66. The highest BCUT2D eigenvalue weighted by Gasteiger charge is 2.21. The third-order valence-corrected chi connectivity index (χ3v) is 4.30. The zero-order chi connectivity index (χ0) is 13.0. The molecule has 0 fully saturated rings. The Hall–Kier alpha value is -0.670. The van der Waals surface area contributed by atoms with Gasteiger partial charge >= 0.3 is 10.4 Å². The van der Waals surface area contributed by atoms with Crippen LogP contribution in [0.4, 0.5) is 22.0 Å². The first-order chi connectivity index (χ1) is 7.91. The molecule has 0 N–H and O–H groups in total. The quantitative estimate of drug-likeness (QED) is 0.613. The van der Waals surface area contributed by atoms with E-state index in [0.717, 1.165) is 6.20 Å². The Kier molecular flexibility index (Phi) is 5.34. The van der Waals surface area contributed by atoms with Gasteiger partial charge in [0.2, 0.25) is 0 Å². The van der Waals surface area contributed by atoms with Gasteiger partial charge in [-0.15, -0.1) is 0 Å². The van der Waals surface area contributed by atoms with Crippen molar-refractivity contribution in [2.75, 3.05) is 5.75 Å². The van der Waals surface area contributed by atoms with Gasteiger partial charge in [-0.2, -0.15) is 13.8 Å². The number of allylic oxidation sites excluding steroid dienone is 1. The second-order valence-corrected chi connectivity index (χ2v) is 5.60. The largest absolute Gasteiger partial charge is 0.610 e. The summed E-state index contributed by atoms with van der Waals surface area (Å²) in [7, 11) is 0. The van der Waals surface area contributed by atoms with E-state index < -0.39 is 41.7 Å². The highest BCUT2D eigenvalue weighted by molar-refractivity contribution is 7.93. The molecular formula is C8H6F5NOS2. The normalized spacial score (nSPS) is 12.9. The second-order valence-electron chi connectivity index (χ2n) is 2.79. The predicted molar refractivity (Wildman–Crippen MR) is 53.3 cm³/mol. The fraction of sp³-hybridized carbons (Fsp3) is 0.375. The molecule has 9 heteroatoms. The lowest BCUT2D eigenvalue weighted by Crippen LogP contribution is -2.06. The summed E-state index contributed by atoms with van der Waals surface area (Å²) in [6.45, 7) is 0. The van der Waals surface area contributed by atoms with Gasteiger partial charge in [-0.1, -0.05) is 11.3 Å². The van der Waals surface area contributed by atoms with Crippen LogP contribution in [0.3, 0.4) is 0 Å². The van der Waals surface area contributed by atoms with Gasteiger partial charge in [0.15, 0.2) is 5.83 Å². The first-order valence-electron chi connectivity index (χ1n) is 4.23. The van der Waals surface area contributed by atoms with Crippen molar-refractivity contribution >= 4 is 22.5 Å². The molecule has 0 aromatic carbocycles. The zero-order valence-corrected chi connectivity index (χ0v) is 9.76. The molecule has 0 aliphatic carbocycles. The van der Waals surface area contributed by atoms with Crippen molar-refractivity contribution in [2.24, 2.45) is 0 Å². The number of thiazole rings is 1. The Morgan fingerprint density at radius 2 is 2.06 bits per heavy atom. The highest BCUT2D eigenvalue weighted by Crippen LogP contribution is 2.28. The summed E-state index contributed by atoms with van der Waals surface area (Å²) in [6, 6.07) is 0. The van der Waals surface area contributed by atoms with E-state index in [1.165, 1.54) is 0 Å². The third-order valence-electron chi connectivity index (χ3n) is 1.62. The molecule has 0 aliphatic rings. The average molecular weight is 291 g/mol. The Morgan fingerprint density at radius 3 is 2.53 bits per heavy atom. The van der Waals surface area contributed by atoms with Gasteiger partial charge in [-0.05, 0) is 0 Å². The molecule has 1 rings (SSSR count). The summed E-state index contributed by atoms with van der Waals surface area (Å²) in [5, 5.41) is 0. The first-order valence-corrected chi connectivity index (χ1v) is 6.37. The molecule has 1 atom stereocenters. The first kappa shape index (κ1) is 14.4. The molecular weight excluding hydrogens is 285 g/mol. The van der Waals surface area contributed by atoms with E-state index in [9.17, 15) is 26.5 Å². The minimum Gasteiger partial charge on any atom is -0.610 e. The molecule has 1 unspecified atom stereocenters. The fourth-order valence-corrected chi connectivity index (χ4v) is 2.96. The van der Waals surface area contributed by atoms with Crippen LogP contribution in [0.2, 0.25) is 0 Å². The molecule has 1 aromatic heterocycles. The van der Waals surface area contributed by atoms with Crippen molar-refractivity contribution in [2.45, 2.75) is 17.2 Å². The van der Waals surface area contributed by atoms with Crippen LogP contribution < -0.4 is 0 Å². The molecule has 0 amide bonds. The minimum atomic E-state index is -2.72. The second kappa shape index (κ2) is 6.31. The molecule has 0 spiro atoms. The van der Waals surface area contributed by atoms with Crippen LogP contribution in [0.5, 0.6) is 0 Å². The summed E-state index contributed by atoms with van der Waals surface area (Å²) < 4.78 is 71.4. The van der Waals surface area contributed by atoms with Gasteiger partial charge in [0.25, 0.3) is 6.43 Å².